The molecule has 0 aliphatic heterocycles. The van der Waals surface area contributed by atoms with Crippen LogP contribution in [0.2, 0.25) is 0 Å². The predicted octanol–water partition coefficient (Wildman–Crippen LogP) is 3.49. The Bertz CT molecular complexity index is 936. The van der Waals surface area contributed by atoms with Crippen molar-refractivity contribution in [1.82, 2.24) is 4.90 Å². The summed E-state index contributed by atoms with van der Waals surface area (Å²) in [6, 6.07) is 10.0. The number of carbonyl (C=O) groups is 1. The topological polar surface area (TPSA) is 93.1 Å². The molecule has 2 aromatic rings. The molecule has 1 amide bonds. The van der Waals surface area contributed by atoms with Gasteiger partial charge in [-0.1, -0.05) is 12.1 Å². The lowest BCUT2D eigenvalue weighted by Crippen LogP contribution is -2.36. The normalized spacial score (nSPS) is 12.9. The number of aliphatic hydroxyl groups is 1. The van der Waals surface area contributed by atoms with Crippen LogP contribution in [-0.4, -0.2) is 43.7 Å². The third-order valence-electron chi connectivity index (χ3n) is 3.73. The number of nitrogens with zero attached hydrogens (tertiary/aromatic N) is 1. The van der Waals surface area contributed by atoms with Crippen LogP contribution in [0.3, 0.4) is 0 Å². The van der Waals surface area contributed by atoms with Gasteiger partial charge in [0.1, 0.15) is 22.1 Å². The van der Waals surface area contributed by atoms with Gasteiger partial charge < -0.3 is 18.9 Å². The SMILES string of the molecule is CN(CC(O)c1ccc(OS(=O)(=O)c2ccc(F)cc2)cc1)C(=O)OC(C)(C)C. The first-order valence-corrected chi connectivity index (χ1v) is 10.2. The molecule has 0 bridgehead atoms. The second kappa shape index (κ2) is 8.79. The molecule has 2 aromatic carbocycles. The third kappa shape index (κ3) is 6.72. The van der Waals surface area contributed by atoms with Crippen molar-refractivity contribution in [3.05, 3.63) is 59.9 Å². The van der Waals surface area contributed by atoms with E-state index >= 15 is 0 Å². The third-order valence-corrected chi connectivity index (χ3v) is 4.99. The van der Waals surface area contributed by atoms with E-state index in [9.17, 15) is 22.7 Å². The van der Waals surface area contributed by atoms with Gasteiger partial charge in [0, 0.05) is 7.05 Å². The zero-order chi connectivity index (χ0) is 21.8. The molecule has 0 fully saturated rings. The Morgan fingerprint density at radius 3 is 2.17 bits per heavy atom. The molecular formula is C20H24FNO6S. The lowest BCUT2D eigenvalue weighted by molar-refractivity contribution is 0.0205. The molecule has 2 rings (SSSR count). The van der Waals surface area contributed by atoms with Crippen LogP contribution >= 0.6 is 0 Å². The number of aliphatic hydroxyl groups excluding tert-OH is 1. The highest BCUT2D eigenvalue weighted by Gasteiger charge is 2.22. The Morgan fingerprint density at radius 2 is 1.66 bits per heavy atom. The Balaban J connectivity index is 2.02. The van der Waals surface area contributed by atoms with E-state index in [4.69, 9.17) is 8.92 Å². The van der Waals surface area contributed by atoms with E-state index in [0.29, 0.717) is 5.56 Å². The second-order valence-corrected chi connectivity index (χ2v) is 8.98. The van der Waals surface area contributed by atoms with Gasteiger partial charge in [0.25, 0.3) is 0 Å². The minimum Gasteiger partial charge on any atom is -0.444 e. The zero-order valence-corrected chi connectivity index (χ0v) is 17.4. The molecule has 158 valence electrons. The maximum absolute atomic E-state index is 13.0. The molecule has 0 saturated heterocycles. The predicted molar refractivity (Wildman–Crippen MR) is 104 cm³/mol. The number of carbonyl (C=O) groups excluding carboxylic acids is 1. The molecule has 0 heterocycles. The molecule has 0 saturated carbocycles. The lowest BCUT2D eigenvalue weighted by atomic mass is 10.1. The van der Waals surface area contributed by atoms with Gasteiger partial charge in [-0.05, 0) is 62.7 Å². The van der Waals surface area contributed by atoms with Crippen molar-refractivity contribution in [1.29, 1.82) is 0 Å². The number of benzene rings is 2. The number of rotatable bonds is 6. The van der Waals surface area contributed by atoms with Gasteiger partial charge in [-0.25, -0.2) is 9.18 Å². The molecule has 0 spiro atoms. The van der Waals surface area contributed by atoms with Gasteiger partial charge in [-0.15, -0.1) is 0 Å². The summed E-state index contributed by atoms with van der Waals surface area (Å²) >= 11 is 0. The van der Waals surface area contributed by atoms with Crippen LogP contribution < -0.4 is 4.18 Å². The van der Waals surface area contributed by atoms with E-state index in [0.717, 1.165) is 24.3 Å². The number of ether oxygens (including phenoxy) is 1. The number of hydrogen-bond acceptors (Lipinski definition) is 6. The van der Waals surface area contributed by atoms with Gasteiger partial charge >= 0.3 is 16.2 Å². The van der Waals surface area contributed by atoms with Crippen LogP contribution in [0, 0.1) is 5.82 Å². The molecule has 29 heavy (non-hydrogen) atoms. The quantitative estimate of drug-likeness (QED) is 0.712. The first-order valence-electron chi connectivity index (χ1n) is 8.79. The summed E-state index contributed by atoms with van der Waals surface area (Å²) in [5.74, 6) is -0.524. The largest absolute Gasteiger partial charge is 0.444 e. The highest BCUT2D eigenvalue weighted by atomic mass is 32.2. The summed E-state index contributed by atoms with van der Waals surface area (Å²) in [7, 11) is -2.61. The minimum atomic E-state index is -4.11. The fourth-order valence-electron chi connectivity index (χ4n) is 2.30. The fourth-order valence-corrected chi connectivity index (χ4v) is 3.23. The summed E-state index contributed by atoms with van der Waals surface area (Å²) < 4.78 is 47.6. The van der Waals surface area contributed by atoms with Crippen molar-refractivity contribution in [3.8, 4) is 5.75 Å². The Morgan fingerprint density at radius 1 is 1.10 bits per heavy atom. The smallest absolute Gasteiger partial charge is 0.410 e. The number of halogens is 1. The van der Waals surface area contributed by atoms with Gasteiger partial charge in [0.2, 0.25) is 0 Å². The first kappa shape index (κ1) is 22.6. The van der Waals surface area contributed by atoms with Crippen molar-refractivity contribution in [2.24, 2.45) is 0 Å². The van der Waals surface area contributed by atoms with E-state index < -0.39 is 33.7 Å². The van der Waals surface area contributed by atoms with E-state index in [1.807, 2.05) is 0 Å². The highest BCUT2D eigenvalue weighted by molar-refractivity contribution is 7.87. The molecule has 1 unspecified atom stereocenters. The van der Waals surface area contributed by atoms with Crippen LogP contribution in [0.1, 0.15) is 32.4 Å². The average molecular weight is 425 g/mol. The summed E-state index contributed by atoms with van der Waals surface area (Å²) in [5, 5.41) is 10.3. The molecule has 1 N–H and O–H groups in total. The van der Waals surface area contributed by atoms with Crippen molar-refractivity contribution in [2.45, 2.75) is 37.4 Å². The van der Waals surface area contributed by atoms with Crippen molar-refractivity contribution in [2.75, 3.05) is 13.6 Å². The lowest BCUT2D eigenvalue weighted by Gasteiger charge is -2.26. The van der Waals surface area contributed by atoms with Crippen molar-refractivity contribution < 1.29 is 31.6 Å². The molecular weight excluding hydrogens is 401 g/mol. The minimum absolute atomic E-state index is 0.0109. The Labute approximate surface area is 169 Å². The van der Waals surface area contributed by atoms with Gasteiger partial charge in [0.05, 0.1) is 12.6 Å². The molecule has 0 aliphatic rings. The molecule has 7 nitrogen and oxygen atoms in total. The molecule has 1 atom stereocenters. The first-order chi connectivity index (χ1) is 13.4. The van der Waals surface area contributed by atoms with E-state index in [1.54, 1.807) is 20.8 Å². The standard InChI is InChI=1S/C20H24FNO6S/c1-20(2,3)27-19(24)22(4)13-18(23)14-5-9-16(10-6-14)28-29(25,26)17-11-7-15(21)8-12-17/h5-12,18,23H,13H2,1-4H3. The molecule has 0 aromatic heterocycles. The average Bonchev–Trinajstić information content (AvgIpc) is 2.60. The number of hydrogen-bond donors (Lipinski definition) is 1. The maximum Gasteiger partial charge on any atom is 0.410 e. The fraction of sp³-hybridized carbons (Fsp3) is 0.350. The maximum atomic E-state index is 13.0. The van der Waals surface area contributed by atoms with E-state index in [1.165, 1.54) is 36.2 Å². The Kier molecular flexibility index (Phi) is 6.86. The van der Waals surface area contributed by atoms with Crippen LogP contribution in [-0.2, 0) is 14.9 Å². The summed E-state index contributed by atoms with van der Waals surface area (Å²) in [4.78, 5) is 13.0. The molecule has 0 radical (unpaired) electrons. The van der Waals surface area contributed by atoms with Gasteiger partial charge in [0.15, 0.2) is 0 Å². The van der Waals surface area contributed by atoms with Crippen molar-refractivity contribution in [3.63, 3.8) is 0 Å². The van der Waals surface area contributed by atoms with Gasteiger partial charge in [-0.3, -0.25) is 0 Å². The number of amides is 1. The highest BCUT2D eigenvalue weighted by Crippen LogP contribution is 2.22. The van der Waals surface area contributed by atoms with E-state index in [2.05, 4.69) is 0 Å². The second-order valence-electron chi connectivity index (χ2n) is 7.44. The summed E-state index contributed by atoms with van der Waals surface area (Å²) in [5.41, 5.74) is -0.183. The van der Waals surface area contributed by atoms with Crippen LogP contribution in [0.4, 0.5) is 9.18 Å². The zero-order valence-electron chi connectivity index (χ0n) is 16.6. The van der Waals surface area contributed by atoms with Crippen LogP contribution in [0.15, 0.2) is 53.4 Å². The van der Waals surface area contributed by atoms with Crippen LogP contribution in [0.5, 0.6) is 5.75 Å². The Hall–Kier alpha value is -2.65. The number of likely N-dealkylation sites (N-methyl/N-ethyl adjacent to an activating group) is 1. The van der Waals surface area contributed by atoms with Crippen molar-refractivity contribution >= 4 is 16.2 Å². The summed E-state index contributed by atoms with van der Waals surface area (Å²) in [6.45, 7) is 5.22. The van der Waals surface area contributed by atoms with Crippen LogP contribution in [0.25, 0.3) is 0 Å². The van der Waals surface area contributed by atoms with E-state index in [-0.39, 0.29) is 17.2 Å². The molecule has 9 heteroatoms. The summed E-state index contributed by atoms with van der Waals surface area (Å²) in [6.07, 6.45) is -1.57. The monoisotopic (exact) mass is 425 g/mol. The van der Waals surface area contributed by atoms with Gasteiger partial charge in [-0.2, -0.15) is 8.42 Å². The molecule has 0 aliphatic carbocycles.